The molecule has 0 saturated heterocycles. The van der Waals surface area contributed by atoms with Crippen molar-refractivity contribution in [1.82, 2.24) is 9.97 Å². The van der Waals surface area contributed by atoms with Crippen LogP contribution in [0.1, 0.15) is 50.0 Å². The molecule has 0 amide bonds. The Morgan fingerprint density at radius 1 is 0.806 bits per heavy atom. The number of rotatable bonds is 4. The molecule has 0 atom stereocenters. The highest BCUT2D eigenvalue weighted by atomic mass is 35.5. The lowest BCUT2D eigenvalue weighted by atomic mass is 10.0. The van der Waals surface area contributed by atoms with Crippen LogP contribution in [-0.2, 0) is 0 Å². The fourth-order valence-corrected chi connectivity index (χ4v) is 6.07. The summed E-state index contributed by atoms with van der Waals surface area (Å²) in [6, 6.07) is 19.0. The van der Waals surface area contributed by atoms with Crippen molar-refractivity contribution in [2.75, 3.05) is 0 Å². The van der Waals surface area contributed by atoms with E-state index in [1.54, 1.807) is 22.7 Å². The van der Waals surface area contributed by atoms with Crippen LogP contribution < -0.4 is 0 Å². The molecule has 0 aliphatic heterocycles. The Morgan fingerprint density at radius 2 is 1.55 bits per heavy atom. The molecule has 0 aliphatic carbocycles. The van der Waals surface area contributed by atoms with Crippen molar-refractivity contribution >= 4 is 54.8 Å². The number of hydrogen-bond acceptors (Lipinski definition) is 4. The van der Waals surface area contributed by atoms with Crippen LogP contribution in [0.5, 0.6) is 0 Å². The Labute approximate surface area is 195 Å². The minimum Gasteiger partial charge on any atom is -0.234 e. The molecule has 0 saturated carbocycles. The van der Waals surface area contributed by atoms with Gasteiger partial charge in [0.15, 0.2) is 0 Å². The maximum Gasteiger partial charge on any atom is 0.146 e. The van der Waals surface area contributed by atoms with Crippen molar-refractivity contribution < 1.29 is 0 Å². The third kappa shape index (κ3) is 3.67. The van der Waals surface area contributed by atoms with Gasteiger partial charge in [0, 0.05) is 32.0 Å². The summed E-state index contributed by atoms with van der Waals surface area (Å²) in [5, 5.41) is 2.87. The molecule has 3 aromatic heterocycles. The van der Waals surface area contributed by atoms with Gasteiger partial charge in [-0.1, -0.05) is 93.1 Å². The summed E-state index contributed by atoms with van der Waals surface area (Å²) in [4.78, 5) is 13.4. The van der Waals surface area contributed by atoms with Gasteiger partial charge in [0.1, 0.15) is 20.2 Å². The van der Waals surface area contributed by atoms with E-state index >= 15 is 0 Å². The van der Waals surface area contributed by atoms with Gasteiger partial charge in [0.05, 0.1) is 0 Å². The summed E-state index contributed by atoms with van der Waals surface area (Å²) < 4.78 is 0. The highest BCUT2D eigenvalue weighted by molar-refractivity contribution is 7.22. The van der Waals surface area contributed by atoms with E-state index in [9.17, 15) is 0 Å². The normalized spacial score (nSPS) is 12.0. The third-order valence-electron chi connectivity index (χ3n) is 5.59. The predicted octanol–water partition coefficient (Wildman–Crippen LogP) is 9.14. The molecule has 0 N–H and O–H groups in total. The molecule has 156 valence electrons. The average molecular weight is 463 g/mol. The van der Waals surface area contributed by atoms with Crippen LogP contribution in [-0.4, -0.2) is 9.97 Å². The van der Waals surface area contributed by atoms with Crippen molar-refractivity contribution in [1.29, 1.82) is 0 Å². The number of fused-ring (bicyclic) bond motifs is 2. The lowest BCUT2D eigenvalue weighted by Gasteiger charge is -2.07. The van der Waals surface area contributed by atoms with Crippen molar-refractivity contribution in [2.45, 2.75) is 39.5 Å². The molecule has 5 heteroatoms. The van der Waals surface area contributed by atoms with Gasteiger partial charge in [-0.3, -0.25) is 0 Å². The smallest absolute Gasteiger partial charge is 0.146 e. The Balaban J connectivity index is 1.77. The molecule has 3 heterocycles. The number of thiophene rings is 1. The number of aromatic nitrogens is 2. The van der Waals surface area contributed by atoms with Crippen LogP contribution in [0.25, 0.3) is 42.3 Å². The third-order valence-corrected chi connectivity index (χ3v) is 8.24. The van der Waals surface area contributed by atoms with Crippen LogP contribution >= 0.6 is 34.3 Å². The first-order chi connectivity index (χ1) is 14.9. The van der Waals surface area contributed by atoms with E-state index in [4.69, 9.17) is 21.6 Å². The van der Waals surface area contributed by atoms with Crippen LogP contribution in [0.2, 0.25) is 5.02 Å². The zero-order chi connectivity index (χ0) is 21.7. The van der Waals surface area contributed by atoms with Gasteiger partial charge < -0.3 is 0 Å². The molecule has 0 bridgehead atoms. The number of pyridine rings is 1. The molecular weight excluding hydrogens is 440 g/mol. The SMILES string of the molecule is CC(C)c1ccc(-c2nc3c(-c4ccccc4Cl)c4cc(C(C)C)sc4nc3s2)cc1. The van der Waals surface area contributed by atoms with Gasteiger partial charge in [0.25, 0.3) is 0 Å². The Kier molecular flexibility index (Phi) is 5.33. The van der Waals surface area contributed by atoms with Gasteiger partial charge in [-0.05, 0) is 29.5 Å². The van der Waals surface area contributed by atoms with E-state index in [0.29, 0.717) is 11.8 Å². The van der Waals surface area contributed by atoms with E-state index in [2.05, 4.69) is 64.1 Å². The topological polar surface area (TPSA) is 25.8 Å². The molecule has 0 fully saturated rings. The maximum absolute atomic E-state index is 6.66. The molecule has 2 nitrogen and oxygen atoms in total. The first kappa shape index (κ1) is 20.6. The Morgan fingerprint density at radius 3 is 2.23 bits per heavy atom. The standard InChI is InChI=1S/C26H23ClN2S2/c1-14(2)16-9-11-17(12-10-16)24-28-23-22(18-7-5-6-8-20(18)27)19-13-21(15(3)4)30-25(19)29-26(23)31-24/h5-15H,1-4H3. The minimum absolute atomic E-state index is 0.458. The second-order valence-electron chi connectivity index (χ2n) is 8.44. The summed E-state index contributed by atoms with van der Waals surface area (Å²) in [5.41, 5.74) is 5.50. The van der Waals surface area contributed by atoms with Crippen molar-refractivity contribution in [3.63, 3.8) is 0 Å². The fourth-order valence-electron chi connectivity index (χ4n) is 3.79. The molecule has 0 unspecified atom stereocenters. The van der Waals surface area contributed by atoms with Gasteiger partial charge in [0.2, 0.25) is 0 Å². The lowest BCUT2D eigenvalue weighted by molar-refractivity contribution is 0.867. The van der Waals surface area contributed by atoms with E-state index in [-0.39, 0.29) is 0 Å². The number of hydrogen-bond donors (Lipinski definition) is 0. The fraction of sp³-hybridized carbons (Fsp3) is 0.231. The first-order valence-electron chi connectivity index (χ1n) is 10.5. The molecular formula is C26H23ClN2S2. The van der Waals surface area contributed by atoms with Crippen molar-refractivity contribution in [3.05, 3.63) is 70.1 Å². The number of nitrogens with zero attached hydrogens (tertiary/aromatic N) is 2. The zero-order valence-corrected chi connectivity index (χ0v) is 20.3. The number of halogens is 1. The van der Waals surface area contributed by atoms with Crippen molar-refractivity contribution in [3.8, 4) is 21.7 Å². The van der Waals surface area contributed by atoms with Crippen molar-refractivity contribution in [2.24, 2.45) is 0 Å². The van der Waals surface area contributed by atoms with Gasteiger partial charge >= 0.3 is 0 Å². The van der Waals surface area contributed by atoms with E-state index in [1.165, 1.54) is 10.4 Å². The second kappa shape index (κ2) is 8.01. The van der Waals surface area contributed by atoms with Gasteiger partial charge in [-0.2, -0.15) is 0 Å². The summed E-state index contributed by atoms with van der Waals surface area (Å²) in [7, 11) is 0. The van der Waals surface area contributed by atoms with Gasteiger partial charge in [-0.25, -0.2) is 9.97 Å². The number of thiazole rings is 1. The van der Waals surface area contributed by atoms with E-state index in [1.807, 2.05) is 18.2 Å². The van der Waals surface area contributed by atoms with Gasteiger partial charge in [-0.15, -0.1) is 11.3 Å². The molecule has 0 radical (unpaired) electrons. The maximum atomic E-state index is 6.66. The number of benzene rings is 2. The summed E-state index contributed by atoms with van der Waals surface area (Å²) >= 11 is 10.1. The predicted molar refractivity (Wildman–Crippen MR) is 137 cm³/mol. The summed E-state index contributed by atoms with van der Waals surface area (Å²) in [5.74, 6) is 0.971. The molecule has 5 rings (SSSR count). The largest absolute Gasteiger partial charge is 0.234 e. The minimum atomic E-state index is 0.458. The summed E-state index contributed by atoms with van der Waals surface area (Å²) in [6.45, 7) is 8.87. The monoisotopic (exact) mass is 462 g/mol. The molecule has 5 aromatic rings. The second-order valence-corrected chi connectivity index (χ2v) is 10.9. The van der Waals surface area contributed by atoms with E-state index in [0.717, 1.165) is 47.3 Å². The summed E-state index contributed by atoms with van der Waals surface area (Å²) in [6.07, 6.45) is 0. The molecule has 0 aliphatic rings. The Bertz CT molecular complexity index is 1390. The Hall–Kier alpha value is -2.27. The highest BCUT2D eigenvalue weighted by Crippen LogP contribution is 2.44. The average Bonchev–Trinajstić information content (AvgIpc) is 3.37. The van der Waals surface area contributed by atoms with Crippen LogP contribution in [0.3, 0.4) is 0 Å². The highest BCUT2D eigenvalue weighted by Gasteiger charge is 2.20. The molecule has 0 spiro atoms. The van der Waals surface area contributed by atoms with Crippen LogP contribution in [0, 0.1) is 0 Å². The first-order valence-corrected chi connectivity index (χ1v) is 12.5. The quantitative estimate of drug-likeness (QED) is 0.266. The van der Waals surface area contributed by atoms with E-state index < -0.39 is 0 Å². The van der Waals surface area contributed by atoms with Crippen LogP contribution in [0.4, 0.5) is 0 Å². The molecule has 2 aromatic carbocycles. The lowest BCUT2D eigenvalue weighted by Crippen LogP contribution is -1.87. The van der Waals surface area contributed by atoms with Crippen LogP contribution in [0.15, 0.2) is 54.6 Å². The zero-order valence-electron chi connectivity index (χ0n) is 17.9. The molecule has 31 heavy (non-hydrogen) atoms.